The molecular weight excluding hydrogens is 218 g/mol. The number of rotatable bonds is 5. The molecule has 0 radical (unpaired) electrons. The average Bonchev–Trinajstić information content (AvgIpc) is 2.89. The molecule has 1 aromatic heterocycles. The molecule has 5 nitrogen and oxygen atoms in total. The number of H-pyrrole nitrogens is 1. The Hall–Kier alpha value is -2.01. The third-order valence-electron chi connectivity index (χ3n) is 2.46. The van der Waals surface area contributed by atoms with Gasteiger partial charge in [0.1, 0.15) is 6.61 Å². The van der Waals surface area contributed by atoms with Gasteiger partial charge in [-0.05, 0) is 6.07 Å². The first-order valence-corrected chi connectivity index (χ1v) is 5.29. The summed E-state index contributed by atoms with van der Waals surface area (Å²) in [6.45, 7) is 0.464. The SMILES string of the molecule is CON(C)c1ccccc1COc1ccn[nH]1. The molecule has 0 saturated heterocycles. The number of hydrogen-bond acceptors (Lipinski definition) is 4. The number of ether oxygens (including phenoxy) is 1. The number of nitrogens with one attached hydrogen (secondary N) is 1. The molecule has 2 rings (SSSR count). The Labute approximate surface area is 99.9 Å². The van der Waals surface area contributed by atoms with Crippen LogP contribution in [0.15, 0.2) is 36.5 Å². The summed E-state index contributed by atoms with van der Waals surface area (Å²) in [7, 11) is 3.49. The summed E-state index contributed by atoms with van der Waals surface area (Å²) >= 11 is 0. The zero-order chi connectivity index (χ0) is 12.1. The second kappa shape index (κ2) is 5.36. The summed E-state index contributed by atoms with van der Waals surface area (Å²) in [6, 6.07) is 9.70. The number of hydroxylamine groups is 1. The van der Waals surface area contributed by atoms with Gasteiger partial charge in [0.2, 0.25) is 5.88 Å². The maximum Gasteiger partial charge on any atom is 0.209 e. The van der Waals surface area contributed by atoms with Gasteiger partial charge in [0.15, 0.2) is 0 Å². The zero-order valence-electron chi connectivity index (χ0n) is 9.88. The Kier molecular flexibility index (Phi) is 3.62. The lowest BCUT2D eigenvalue weighted by Gasteiger charge is -2.19. The van der Waals surface area contributed by atoms with Gasteiger partial charge in [-0.3, -0.25) is 9.90 Å². The number of benzene rings is 1. The summed E-state index contributed by atoms with van der Waals surface area (Å²) in [5.41, 5.74) is 2.03. The van der Waals surface area contributed by atoms with Gasteiger partial charge in [-0.15, -0.1) is 0 Å². The first kappa shape index (κ1) is 11.5. The lowest BCUT2D eigenvalue weighted by atomic mass is 10.2. The Morgan fingerprint density at radius 1 is 1.29 bits per heavy atom. The number of aromatic amines is 1. The predicted molar refractivity (Wildman–Crippen MR) is 64.8 cm³/mol. The van der Waals surface area contributed by atoms with Crippen LogP contribution in [0.4, 0.5) is 5.69 Å². The fourth-order valence-electron chi connectivity index (χ4n) is 1.52. The molecule has 2 aromatic rings. The molecule has 0 aliphatic rings. The molecule has 90 valence electrons. The van der Waals surface area contributed by atoms with Gasteiger partial charge in [0.05, 0.1) is 19.0 Å². The van der Waals surface area contributed by atoms with E-state index in [1.54, 1.807) is 24.4 Å². The molecule has 1 N–H and O–H groups in total. The van der Waals surface area contributed by atoms with E-state index in [0.29, 0.717) is 12.5 Å². The Balaban J connectivity index is 2.09. The van der Waals surface area contributed by atoms with Crippen LogP contribution in [0.25, 0.3) is 0 Å². The van der Waals surface area contributed by atoms with Crippen molar-refractivity contribution in [2.45, 2.75) is 6.61 Å². The van der Waals surface area contributed by atoms with E-state index in [-0.39, 0.29) is 0 Å². The van der Waals surface area contributed by atoms with Crippen molar-refractivity contribution in [1.29, 1.82) is 0 Å². The van der Waals surface area contributed by atoms with Crippen LogP contribution in [0.2, 0.25) is 0 Å². The van der Waals surface area contributed by atoms with E-state index < -0.39 is 0 Å². The number of anilines is 1. The van der Waals surface area contributed by atoms with Crippen molar-refractivity contribution < 1.29 is 9.57 Å². The van der Waals surface area contributed by atoms with Crippen LogP contribution in [-0.2, 0) is 11.4 Å². The van der Waals surface area contributed by atoms with E-state index in [9.17, 15) is 0 Å². The molecule has 0 fully saturated rings. The molecule has 0 aliphatic heterocycles. The van der Waals surface area contributed by atoms with Crippen LogP contribution in [-0.4, -0.2) is 24.4 Å². The maximum absolute atomic E-state index is 5.57. The van der Waals surface area contributed by atoms with Crippen LogP contribution in [0.5, 0.6) is 5.88 Å². The van der Waals surface area contributed by atoms with Crippen molar-refractivity contribution in [3.63, 3.8) is 0 Å². The van der Waals surface area contributed by atoms with Gasteiger partial charge >= 0.3 is 0 Å². The van der Waals surface area contributed by atoms with E-state index >= 15 is 0 Å². The van der Waals surface area contributed by atoms with Crippen molar-refractivity contribution in [1.82, 2.24) is 10.2 Å². The van der Waals surface area contributed by atoms with Gasteiger partial charge in [-0.25, -0.2) is 5.10 Å². The molecule has 0 atom stereocenters. The van der Waals surface area contributed by atoms with Crippen LogP contribution >= 0.6 is 0 Å². The van der Waals surface area contributed by atoms with Crippen molar-refractivity contribution in [2.24, 2.45) is 0 Å². The number of hydrogen-bond donors (Lipinski definition) is 1. The molecule has 0 spiro atoms. The fraction of sp³-hybridized carbons (Fsp3) is 0.250. The molecule has 0 aliphatic carbocycles. The summed E-state index contributed by atoms with van der Waals surface area (Å²) < 4.78 is 5.57. The molecule has 17 heavy (non-hydrogen) atoms. The predicted octanol–water partition coefficient (Wildman–Crippen LogP) is 1.99. The molecule has 0 bridgehead atoms. The van der Waals surface area contributed by atoms with E-state index in [2.05, 4.69) is 10.2 Å². The zero-order valence-corrected chi connectivity index (χ0v) is 9.88. The molecule has 0 saturated carbocycles. The average molecular weight is 233 g/mol. The summed E-state index contributed by atoms with van der Waals surface area (Å²) in [6.07, 6.45) is 1.66. The van der Waals surface area contributed by atoms with Crippen LogP contribution in [0.1, 0.15) is 5.56 Å². The highest BCUT2D eigenvalue weighted by Crippen LogP contribution is 2.20. The van der Waals surface area contributed by atoms with Crippen molar-refractivity contribution in [3.8, 4) is 5.88 Å². The first-order valence-electron chi connectivity index (χ1n) is 5.29. The lowest BCUT2D eigenvalue weighted by Crippen LogP contribution is -2.17. The van der Waals surface area contributed by atoms with Crippen molar-refractivity contribution >= 4 is 5.69 Å². The highest BCUT2D eigenvalue weighted by Gasteiger charge is 2.07. The molecule has 0 amide bonds. The van der Waals surface area contributed by atoms with Gasteiger partial charge in [0, 0.05) is 18.7 Å². The van der Waals surface area contributed by atoms with Gasteiger partial charge in [-0.2, -0.15) is 5.10 Å². The fourth-order valence-corrected chi connectivity index (χ4v) is 1.52. The molecular formula is C12H15N3O2. The Morgan fingerprint density at radius 3 is 2.82 bits per heavy atom. The van der Waals surface area contributed by atoms with Crippen molar-refractivity contribution in [2.75, 3.05) is 19.2 Å². The minimum absolute atomic E-state index is 0.464. The van der Waals surface area contributed by atoms with E-state index in [1.165, 1.54) is 0 Å². The highest BCUT2D eigenvalue weighted by atomic mass is 16.7. The monoisotopic (exact) mass is 233 g/mol. The normalized spacial score (nSPS) is 10.2. The second-order valence-corrected chi connectivity index (χ2v) is 3.52. The minimum Gasteiger partial charge on any atom is -0.473 e. The highest BCUT2D eigenvalue weighted by molar-refractivity contribution is 5.50. The minimum atomic E-state index is 0.464. The largest absolute Gasteiger partial charge is 0.473 e. The van der Waals surface area contributed by atoms with E-state index in [4.69, 9.17) is 9.57 Å². The third kappa shape index (κ3) is 2.76. The quantitative estimate of drug-likeness (QED) is 0.802. The van der Waals surface area contributed by atoms with Gasteiger partial charge < -0.3 is 4.74 Å². The smallest absolute Gasteiger partial charge is 0.209 e. The van der Waals surface area contributed by atoms with Gasteiger partial charge in [0.25, 0.3) is 0 Å². The topological polar surface area (TPSA) is 50.4 Å². The summed E-state index contributed by atoms with van der Waals surface area (Å²) in [4.78, 5) is 5.17. The van der Waals surface area contributed by atoms with E-state index in [0.717, 1.165) is 11.3 Å². The maximum atomic E-state index is 5.57. The molecule has 0 unspecified atom stereocenters. The third-order valence-corrected chi connectivity index (χ3v) is 2.46. The number of aromatic nitrogens is 2. The Morgan fingerprint density at radius 2 is 2.12 bits per heavy atom. The second-order valence-electron chi connectivity index (χ2n) is 3.52. The van der Waals surface area contributed by atoms with E-state index in [1.807, 2.05) is 31.3 Å². The standard InChI is InChI=1S/C12H15N3O2/c1-15(16-2)11-6-4-3-5-10(11)9-17-12-7-8-13-14-12/h3-8H,9H2,1-2H3,(H,13,14). The number of para-hydroxylation sites is 1. The van der Waals surface area contributed by atoms with Crippen LogP contribution in [0, 0.1) is 0 Å². The molecule has 1 aromatic carbocycles. The molecule has 1 heterocycles. The van der Waals surface area contributed by atoms with Crippen LogP contribution < -0.4 is 9.80 Å². The molecule has 5 heteroatoms. The van der Waals surface area contributed by atoms with Crippen molar-refractivity contribution in [3.05, 3.63) is 42.1 Å². The first-order chi connectivity index (χ1) is 8.31. The van der Waals surface area contributed by atoms with Gasteiger partial charge in [-0.1, -0.05) is 18.2 Å². The lowest BCUT2D eigenvalue weighted by molar-refractivity contribution is 0.183. The summed E-state index contributed by atoms with van der Waals surface area (Å²) in [5.74, 6) is 0.653. The Bertz CT molecular complexity index is 457. The van der Waals surface area contributed by atoms with Crippen LogP contribution in [0.3, 0.4) is 0 Å². The number of nitrogens with zero attached hydrogens (tertiary/aromatic N) is 2. The summed E-state index contributed by atoms with van der Waals surface area (Å²) in [5, 5.41) is 8.28.